The van der Waals surface area contributed by atoms with E-state index in [1.54, 1.807) is 0 Å². The summed E-state index contributed by atoms with van der Waals surface area (Å²) in [4.78, 5) is 0. The van der Waals surface area contributed by atoms with Crippen molar-refractivity contribution in [2.45, 2.75) is 59.4 Å². The molecule has 0 aromatic carbocycles. The topological polar surface area (TPSA) is 26.0 Å². The molecule has 0 fully saturated rings. The van der Waals surface area contributed by atoms with Gasteiger partial charge in [0.05, 0.1) is 0 Å². The molecule has 0 aliphatic rings. The lowest BCUT2D eigenvalue weighted by molar-refractivity contribution is 0.250. The summed E-state index contributed by atoms with van der Waals surface area (Å²) < 4.78 is 0. The van der Waals surface area contributed by atoms with Gasteiger partial charge in [-0.25, -0.2) is 0 Å². The quantitative estimate of drug-likeness (QED) is 0.652. The molecular weight excluding hydrogens is 134 g/mol. The van der Waals surface area contributed by atoms with E-state index in [1.165, 1.54) is 19.3 Å². The van der Waals surface area contributed by atoms with E-state index in [0.29, 0.717) is 11.5 Å². The van der Waals surface area contributed by atoms with Gasteiger partial charge in [-0.05, 0) is 18.3 Å². The Kier molecular flexibility index (Phi) is 4.74. The summed E-state index contributed by atoms with van der Waals surface area (Å²) in [6.45, 7) is 8.94. The molecule has 0 aromatic rings. The molecule has 0 aromatic heterocycles. The van der Waals surface area contributed by atoms with Crippen LogP contribution in [0.4, 0.5) is 0 Å². The molecule has 1 nitrogen and oxygen atoms in total. The van der Waals surface area contributed by atoms with E-state index >= 15 is 0 Å². The fourth-order valence-electron chi connectivity index (χ4n) is 1.37. The Labute approximate surface area is 71.4 Å². The minimum absolute atomic E-state index is 0.338. The van der Waals surface area contributed by atoms with E-state index in [1.807, 2.05) is 0 Å². The third kappa shape index (κ3) is 3.76. The highest BCUT2D eigenvalue weighted by Gasteiger charge is 2.23. The molecule has 0 amide bonds. The van der Waals surface area contributed by atoms with Crippen LogP contribution in [0.1, 0.15) is 53.4 Å². The Bertz CT molecular complexity index is 97.0. The van der Waals surface area contributed by atoms with Crippen molar-refractivity contribution in [3.05, 3.63) is 0 Å². The average molecular weight is 157 g/mol. The number of hydrogen-bond acceptors (Lipinski definition) is 1. The van der Waals surface area contributed by atoms with E-state index in [9.17, 15) is 0 Å². The molecule has 2 N–H and O–H groups in total. The van der Waals surface area contributed by atoms with Crippen LogP contribution in [-0.4, -0.2) is 6.04 Å². The van der Waals surface area contributed by atoms with Crippen LogP contribution in [0.15, 0.2) is 0 Å². The summed E-state index contributed by atoms with van der Waals surface area (Å²) in [6, 6.07) is 0.369. The third-order valence-electron chi connectivity index (χ3n) is 2.62. The maximum Gasteiger partial charge on any atom is 0.00876 e. The Hall–Kier alpha value is -0.0400. The van der Waals surface area contributed by atoms with Gasteiger partial charge in [0.25, 0.3) is 0 Å². The first kappa shape index (κ1) is 11.0. The molecular formula is C10H23N. The van der Waals surface area contributed by atoms with Crippen molar-refractivity contribution in [3.63, 3.8) is 0 Å². The van der Waals surface area contributed by atoms with E-state index in [4.69, 9.17) is 5.73 Å². The van der Waals surface area contributed by atoms with Crippen LogP contribution < -0.4 is 5.73 Å². The molecule has 1 unspecified atom stereocenters. The van der Waals surface area contributed by atoms with Crippen LogP contribution in [-0.2, 0) is 0 Å². The average Bonchev–Trinajstić information content (AvgIpc) is 1.99. The zero-order valence-electron chi connectivity index (χ0n) is 8.48. The number of hydrogen-bond donors (Lipinski definition) is 1. The summed E-state index contributed by atoms with van der Waals surface area (Å²) in [5.41, 5.74) is 6.33. The molecule has 0 radical (unpaired) electrons. The molecule has 0 saturated heterocycles. The van der Waals surface area contributed by atoms with Gasteiger partial charge in [-0.3, -0.25) is 0 Å². The normalized spacial score (nSPS) is 15.0. The maximum absolute atomic E-state index is 5.99. The lowest BCUT2D eigenvalue weighted by Crippen LogP contribution is -2.36. The predicted octanol–water partition coefficient (Wildman–Crippen LogP) is 2.94. The molecule has 11 heavy (non-hydrogen) atoms. The zero-order chi connectivity index (χ0) is 8.91. The number of rotatable bonds is 5. The monoisotopic (exact) mass is 157 g/mol. The van der Waals surface area contributed by atoms with Crippen LogP contribution in [0.5, 0.6) is 0 Å². The summed E-state index contributed by atoms with van der Waals surface area (Å²) in [5, 5.41) is 0. The van der Waals surface area contributed by atoms with Crippen LogP contribution in [0.25, 0.3) is 0 Å². The van der Waals surface area contributed by atoms with Crippen molar-refractivity contribution in [2.24, 2.45) is 11.1 Å². The molecule has 0 saturated carbocycles. The van der Waals surface area contributed by atoms with Gasteiger partial charge < -0.3 is 5.73 Å². The Morgan fingerprint density at radius 1 is 1.27 bits per heavy atom. The second-order valence-electron chi connectivity index (χ2n) is 4.11. The van der Waals surface area contributed by atoms with Crippen LogP contribution in [0.3, 0.4) is 0 Å². The summed E-state index contributed by atoms with van der Waals surface area (Å²) in [7, 11) is 0. The second-order valence-corrected chi connectivity index (χ2v) is 4.11. The molecule has 0 rings (SSSR count). The molecule has 1 heteroatoms. The molecule has 0 heterocycles. The highest BCUT2D eigenvalue weighted by atomic mass is 14.7. The van der Waals surface area contributed by atoms with Crippen LogP contribution >= 0.6 is 0 Å². The van der Waals surface area contributed by atoms with Gasteiger partial charge in [0.1, 0.15) is 0 Å². The van der Waals surface area contributed by atoms with Gasteiger partial charge in [0.2, 0.25) is 0 Å². The van der Waals surface area contributed by atoms with Crippen LogP contribution in [0, 0.1) is 5.41 Å². The van der Waals surface area contributed by atoms with Crippen molar-refractivity contribution in [2.75, 3.05) is 0 Å². The predicted molar refractivity (Wildman–Crippen MR) is 51.6 cm³/mol. The van der Waals surface area contributed by atoms with Gasteiger partial charge in [-0.1, -0.05) is 40.5 Å². The summed E-state index contributed by atoms with van der Waals surface area (Å²) >= 11 is 0. The highest BCUT2D eigenvalue weighted by Crippen LogP contribution is 2.27. The standard InChI is InChI=1S/C10H23N/c1-5-7-8-10(3,4)9(11)6-2/h9H,5-8,11H2,1-4H3. The second kappa shape index (κ2) is 4.76. The number of nitrogens with two attached hydrogens (primary N) is 1. The van der Waals surface area contributed by atoms with Crippen molar-refractivity contribution < 1.29 is 0 Å². The first-order chi connectivity index (χ1) is 5.04. The molecule has 0 bridgehead atoms. The lowest BCUT2D eigenvalue weighted by Gasteiger charge is -2.30. The summed E-state index contributed by atoms with van der Waals surface area (Å²) in [5.74, 6) is 0. The van der Waals surface area contributed by atoms with Crippen LogP contribution in [0.2, 0.25) is 0 Å². The third-order valence-corrected chi connectivity index (χ3v) is 2.62. The molecule has 68 valence electrons. The van der Waals surface area contributed by atoms with Crippen molar-refractivity contribution in [3.8, 4) is 0 Å². The fourth-order valence-corrected chi connectivity index (χ4v) is 1.37. The largest absolute Gasteiger partial charge is 0.327 e. The Balaban J connectivity index is 3.77. The van der Waals surface area contributed by atoms with Gasteiger partial charge >= 0.3 is 0 Å². The smallest absolute Gasteiger partial charge is 0.00876 e. The number of unbranched alkanes of at least 4 members (excludes halogenated alkanes) is 1. The first-order valence-corrected chi connectivity index (χ1v) is 4.80. The Morgan fingerprint density at radius 3 is 2.18 bits per heavy atom. The van der Waals surface area contributed by atoms with E-state index < -0.39 is 0 Å². The van der Waals surface area contributed by atoms with Crippen molar-refractivity contribution in [1.82, 2.24) is 0 Å². The van der Waals surface area contributed by atoms with Gasteiger partial charge in [-0.15, -0.1) is 0 Å². The molecule has 0 aliphatic carbocycles. The van der Waals surface area contributed by atoms with Gasteiger partial charge in [0.15, 0.2) is 0 Å². The minimum atomic E-state index is 0.338. The summed E-state index contributed by atoms with van der Waals surface area (Å²) in [6.07, 6.45) is 4.94. The SMILES string of the molecule is CCCCC(C)(C)C(N)CC. The van der Waals surface area contributed by atoms with Gasteiger partial charge in [0, 0.05) is 6.04 Å². The zero-order valence-corrected chi connectivity index (χ0v) is 8.48. The maximum atomic E-state index is 5.99. The van der Waals surface area contributed by atoms with E-state index in [-0.39, 0.29) is 0 Å². The fraction of sp³-hybridized carbons (Fsp3) is 1.00. The van der Waals surface area contributed by atoms with E-state index in [2.05, 4.69) is 27.7 Å². The van der Waals surface area contributed by atoms with Crippen molar-refractivity contribution >= 4 is 0 Å². The first-order valence-electron chi connectivity index (χ1n) is 4.80. The molecule has 1 atom stereocenters. The minimum Gasteiger partial charge on any atom is -0.327 e. The van der Waals surface area contributed by atoms with E-state index in [0.717, 1.165) is 6.42 Å². The molecule has 0 spiro atoms. The van der Waals surface area contributed by atoms with Crippen molar-refractivity contribution in [1.29, 1.82) is 0 Å². The highest BCUT2D eigenvalue weighted by molar-refractivity contribution is 4.79. The van der Waals surface area contributed by atoms with Gasteiger partial charge in [-0.2, -0.15) is 0 Å². The Morgan fingerprint density at radius 2 is 1.82 bits per heavy atom. The lowest BCUT2D eigenvalue weighted by atomic mass is 9.79. The molecule has 0 aliphatic heterocycles.